The molecule has 1 aromatic carbocycles. The molecule has 0 unspecified atom stereocenters. The summed E-state index contributed by atoms with van der Waals surface area (Å²) in [7, 11) is 0. The van der Waals surface area contributed by atoms with E-state index in [1.165, 1.54) is 0 Å². The van der Waals surface area contributed by atoms with Gasteiger partial charge in [0.15, 0.2) is 0 Å². The van der Waals surface area contributed by atoms with Crippen LogP contribution in [0.1, 0.15) is 17.5 Å². The summed E-state index contributed by atoms with van der Waals surface area (Å²) in [5.74, 6) is 0.291. The van der Waals surface area contributed by atoms with Crippen LogP contribution in [0.2, 0.25) is 0 Å². The zero-order valence-electron chi connectivity index (χ0n) is 7.49. The molecule has 0 amide bonds. The van der Waals surface area contributed by atoms with E-state index in [0.717, 1.165) is 11.1 Å². The largest absolute Gasteiger partial charge is 0.508 e. The van der Waals surface area contributed by atoms with Gasteiger partial charge in [0.05, 0.1) is 12.5 Å². The third-order valence-corrected chi connectivity index (χ3v) is 1.75. The Balaban J connectivity index is 2.81. The average molecular weight is 173 g/mol. The molecule has 0 heterocycles. The van der Waals surface area contributed by atoms with E-state index in [2.05, 4.69) is 0 Å². The fraction of sp³-hybridized carbons (Fsp3) is 0.182. The molecule has 1 N–H and O–H groups in total. The summed E-state index contributed by atoms with van der Waals surface area (Å²) in [6.45, 7) is 1.85. The van der Waals surface area contributed by atoms with Crippen molar-refractivity contribution < 1.29 is 5.11 Å². The van der Waals surface area contributed by atoms with Gasteiger partial charge in [0.25, 0.3) is 0 Å². The Kier molecular flexibility index (Phi) is 3.10. The van der Waals surface area contributed by atoms with E-state index in [-0.39, 0.29) is 0 Å². The molecule has 0 atom stereocenters. The lowest BCUT2D eigenvalue weighted by molar-refractivity contribution is 0.471. The normalized spacial score (nSPS) is 10.2. The third kappa shape index (κ3) is 2.64. The Hall–Kier alpha value is -1.75. The number of nitrogens with zero attached hydrogens (tertiary/aromatic N) is 1. The monoisotopic (exact) mass is 173 g/mol. The zero-order chi connectivity index (χ0) is 9.68. The van der Waals surface area contributed by atoms with Gasteiger partial charge in [-0.2, -0.15) is 5.26 Å². The first kappa shape index (κ1) is 9.34. The summed E-state index contributed by atoms with van der Waals surface area (Å²) < 4.78 is 0. The molecule has 0 saturated heterocycles. The second kappa shape index (κ2) is 4.32. The summed E-state index contributed by atoms with van der Waals surface area (Å²) in [6.07, 6.45) is 3.99. The van der Waals surface area contributed by atoms with Crippen LogP contribution in [0.25, 0.3) is 6.08 Å². The molecule has 0 saturated carbocycles. The minimum absolute atomic E-state index is 0.291. The molecule has 0 aliphatic heterocycles. The van der Waals surface area contributed by atoms with Gasteiger partial charge in [-0.3, -0.25) is 0 Å². The summed E-state index contributed by atoms with van der Waals surface area (Å²) >= 11 is 0. The third-order valence-electron chi connectivity index (χ3n) is 1.75. The molecule has 66 valence electrons. The van der Waals surface area contributed by atoms with Crippen molar-refractivity contribution in [1.29, 1.82) is 5.26 Å². The van der Waals surface area contributed by atoms with Crippen LogP contribution in [0.3, 0.4) is 0 Å². The number of hydrogen-bond donors (Lipinski definition) is 1. The first-order valence-corrected chi connectivity index (χ1v) is 4.07. The molecule has 0 aliphatic rings. The standard InChI is InChI=1S/C11H11NO/c1-9-5-6-10(8-11(9)13)4-2-3-7-12/h2,4-6,8,13H,3H2,1H3. The molecule has 0 bridgehead atoms. The average Bonchev–Trinajstić information content (AvgIpc) is 2.12. The Morgan fingerprint density at radius 1 is 1.54 bits per heavy atom. The van der Waals surface area contributed by atoms with Gasteiger partial charge in [0, 0.05) is 0 Å². The van der Waals surface area contributed by atoms with Gasteiger partial charge in [-0.05, 0) is 24.1 Å². The fourth-order valence-electron chi connectivity index (χ4n) is 0.978. The second-order valence-electron chi connectivity index (χ2n) is 2.81. The molecule has 0 aromatic heterocycles. The number of aryl methyl sites for hydroxylation is 1. The van der Waals surface area contributed by atoms with Crippen molar-refractivity contribution in [2.45, 2.75) is 13.3 Å². The van der Waals surface area contributed by atoms with E-state index < -0.39 is 0 Å². The van der Waals surface area contributed by atoms with Gasteiger partial charge < -0.3 is 5.11 Å². The lowest BCUT2D eigenvalue weighted by Crippen LogP contribution is -1.76. The summed E-state index contributed by atoms with van der Waals surface area (Å²) in [5.41, 5.74) is 1.77. The Morgan fingerprint density at radius 2 is 2.31 bits per heavy atom. The number of hydrogen-bond acceptors (Lipinski definition) is 2. The smallest absolute Gasteiger partial charge is 0.119 e. The van der Waals surface area contributed by atoms with Crippen LogP contribution in [-0.2, 0) is 0 Å². The first-order chi connectivity index (χ1) is 6.24. The van der Waals surface area contributed by atoms with E-state index in [9.17, 15) is 5.11 Å². The molecule has 0 aliphatic carbocycles. The van der Waals surface area contributed by atoms with Crippen molar-refractivity contribution in [1.82, 2.24) is 0 Å². The van der Waals surface area contributed by atoms with Crippen molar-refractivity contribution in [3.8, 4) is 11.8 Å². The highest BCUT2D eigenvalue weighted by Gasteiger charge is 1.94. The topological polar surface area (TPSA) is 44.0 Å². The first-order valence-electron chi connectivity index (χ1n) is 4.07. The van der Waals surface area contributed by atoms with Gasteiger partial charge in [0.1, 0.15) is 5.75 Å². The Morgan fingerprint density at radius 3 is 2.92 bits per heavy atom. The molecular formula is C11H11NO. The fourth-order valence-corrected chi connectivity index (χ4v) is 0.978. The van der Waals surface area contributed by atoms with Gasteiger partial charge in [0.2, 0.25) is 0 Å². The van der Waals surface area contributed by atoms with Crippen LogP contribution in [0.15, 0.2) is 24.3 Å². The van der Waals surface area contributed by atoms with E-state index in [1.54, 1.807) is 12.1 Å². The van der Waals surface area contributed by atoms with Crippen molar-refractivity contribution in [3.63, 3.8) is 0 Å². The van der Waals surface area contributed by atoms with Crippen LogP contribution in [0.4, 0.5) is 0 Å². The maximum absolute atomic E-state index is 9.36. The van der Waals surface area contributed by atoms with Crippen LogP contribution in [-0.4, -0.2) is 5.11 Å². The van der Waals surface area contributed by atoms with Crippen molar-refractivity contribution in [2.24, 2.45) is 0 Å². The Labute approximate surface area is 77.8 Å². The number of phenols is 1. The molecule has 2 heteroatoms. The highest BCUT2D eigenvalue weighted by molar-refractivity contribution is 5.53. The molecule has 1 rings (SSSR count). The maximum atomic E-state index is 9.36. The van der Waals surface area contributed by atoms with E-state index in [0.29, 0.717) is 12.2 Å². The molecule has 2 nitrogen and oxygen atoms in total. The quantitative estimate of drug-likeness (QED) is 0.747. The zero-order valence-corrected chi connectivity index (χ0v) is 7.49. The SMILES string of the molecule is Cc1ccc(C=CCC#N)cc1O. The van der Waals surface area contributed by atoms with Crippen LogP contribution in [0, 0.1) is 18.3 Å². The number of rotatable bonds is 2. The summed E-state index contributed by atoms with van der Waals surface area (Å²) in [5, 5.41) is 17.7. The molecule has 0 radical (unpaired) electrons. The maximum Gasteiger partial charge on any atom is 0.119 e. The van der Waals surface area contributed by atoms with E-state index >= 15 is 0 Å². The predicted octanol–water partition coefficient (Wildman–Crippen LogP) is 2.63. The molecule has 1 aromatic rings. The number of aromatic hydroxyl groups is 1. The molecular weight excluding hydrogens is 162 g/mol. The highest BCUT2D eigenvalue weighted by Crippen LogP contribution is 2.18. The lowest BCUT2D eigenvalue weighted by Gasteiger charge is -1.98. The molecule has 13 heavy (non-hydrogen) atoms. The van der Waals surface area contributed by atoms with Crippen LogP contribution < -0.4 is 0 Å². The van der Waals surface area contributed by atoms with Crippen molar-refractivity contribution >= 4 is 6.08 Å². The minimum Gasteiger partial charge on any atom is -0.508 e. The van der Waals surface area contributed by atoms with Crippen molar-refractivity contribution in [2.75, 3.05) is 0 Å². The van der Waals surface area contributed by atoms with E-state index in [4.69, 9.17) is 5.26 Å². The Bertz CT molecular complexity index is 361. The highest BCUT2D eigenvalue weighted by atomic mass is 16.3. The van der Waals surface area contributed by atoms with Crippen LogP contribution >= 0.6 is 0 Å². The predicted molar refractivity (Wildman–Crippen MR) is 52.1 cm³/mol. The summed E-state index contributed by atoms with van der Waals surface area (Å²) in [6, 6.07) is 7.45. The van der Waals surface area contributed by atoms with Gasteiger partial charge >= 0.3 is 0 Å². The van der Waals surface area contributed by atoms with Gasteiger partial charge in [-0.1, -0.05) is 24.3 Å². The summed E-state index contributed by atoms with van der Waals surface area (Å²) in [4.78, 5) is 0. The molecule has 0 fully saturated rings. The number of phenolic OH excluding ortho intramolecular Hbond substituents is 1. The second-order valence-corrected chi connectivity index (χ2v) is 2.81. The van der Waals surface area contributed by atoms with Crippen molar-refractivity contribution in [3.05, 3.63) is 35.4 Å². The molecule has 0 spiro atoms. The number of allylic oxidation sites excluding steroid dienone is 1. The minimum atomic E-state index is 0.291. The number of nitriles is 1. The lowest BCUT2D eigenvalue weighted by atomic mass is 10.1. The van der Waals surface area contributed by atoms with E-state index in [1.807, 2.05) is 31.2 Å². The van der Waals surface area contributed by atoms with Crippen LogP contribution in [0.5, 0.6) is 5.75 Å². The number of benzene rings is 1. The van der Waals surface area contributed by atoms with Gasteiger partial charge in [-0.15, -0.1) is 0 Å². The van der Waals surface area contributed by atoms with Gasteiger partial charge in [-0.25, -0.2) is 0 Å².